The third kappa shape index (κ3) is 6.01. The van der Waals surface area contributed by atoms with Crippen LogP contribution in [0, 0.1) is 0 Å². The number of guanidine groups is 1. The Morgan fingerprint density at radius 3 is 2.31 bits per heavy atom. The first kappa shape index (κ1) is 22.1. The highest BCUT2D eigenvalue weighted by atomic mass is 16.2. The number of benzene rings is 2. The van der Waals surface area contributed by atoms with Gasteiger partial charge in [-0.2, -0.15) is 0 Å². The molecule has 2 aliphatic rings. The van der Waals surface area contributed by atoms with Gasteiger partial charge in [-0.05, 0) is 36.1 Å². The van der Waals surface area contributed by atoms with Crippen LogP contribution in [-0.2, 0) is 13.1 Å². The lowest BCUT2D eigenvalue weighted by Crippen LogP contribution is -2.52. The van der Waals surface area contributed by atoms with Crippen LogP contribution in [0.2, 0.25) is 0 Å². The first-order valence-electron chi connectivity index (χ1n) is 11.6. The molecule has 2 saturated heterocycles. The molecule has 0 atom stereocenters. The molecule has 0 saturated carbocycles. The van der Waals surface area contributed by atoms with Crippen molar-refractivity contribution in [3.8, 4) is 0 Å². The zero-order valence-electron chi connectivity index (χ0n) is 19.0. The predicted octanol–water partition coefficient (Wildman–Crippen LogP) is 3.21. The number of anilines is 1. The first-order valence-corrected chi connectivity index (χ1v) is 11.6. The average molecular weight is 435 g/mol. The van der Waals surface area contributed by atoms with Crippen molar-refractivity contribution in [2.24, 2.45) is 4.99 Å². The van der Waals surface area contributed by atoms with Gasteiger partial charge in [0.2, 0.25) is 0 Å². The average Bonchev–Trinajstić information content (AvgIpc) is 3.37. The Morgan fingerprint density at radius 2 is 1.59 bits per heavy atom. The molecule has 0 radical (unpaired) electrons. The lowest BCUT2D eigenvalue weighted by atomic mass is 10.2. The molecule has 2 aromatic rings. The minimum absolute atomic E-state index is 0.00297. The van der Waals surface area contributed by atoms with Crippen LogP contribution < -0.4 is 10.6 Å². The maximum atomic E-state index is 12.4. The molecule has 0 bridgehead atoms. The summed E-state index contributed by atoms with van der Waals surface area (Å²) < 4.78 is 0. The smallest absolute Gasteiger partial charge is 0.321 e. The molecule has 32 heavy (non-hydrogen) atoms. The Morgan fingerprint density at radius 1 is 0.875 bits per heavy atom. The zero-order chi connectivity index (χ0) is 22.2. The van der Waals surface area contributed by atoms with E-state index in [9.17, 15) is 4.79 Å². The number of carbonyl (C=O) groups excluding carboxylic acids is 1. The summed E-state index contributed by atoms with van der Waals surface area (Å²) >= 11 is 0. The highest BCUT2D eigenvalue weighted by Crippen LogP contribution is 2.14. The number of hydrogen-bond donors (Lipinski definition) is 2. The second-order valence-electron chi connectivity index (χ2n) is 8.47. The Kier molecular flexibility index (Phi) is 7.61. The minimum Gasteiger partial charge on any atom is -0.352 e. The van der Waals surface area contributed by atoms with E-state index in [2.05, 4.69) is 61.8 Å². The highest BCUT2D eigenvalue weighted by molar-refractivity contribution is 5.89. The fraction of sp³-hybridized carbons (Fsp3) is 0.440. The molecule has 2 aromatic carbocycles. The van der Waals surface area contributed by atoms with Crippen molar-refractivity contribution < 1.29 is 4.79 Å². The van der Waals surface area contributed by atoms with Crippen LogP contribution in [-0.4, -0.2) is 73.0 Å². The van der Waals surface area contributed by atoms with Crippen LogP contribution in [0.3, 0.4) is 0 Å². The topological polar surface area (TPSA) is 63.2 Å². The largest absolute Gasteiger partial charge is 0.352 e. The van der Waals surface area contributed by atoms with E-state index < -0.39 is 0 Å². The standard InChI is InChI=1S/C25H34N6O/c1-26-24(30-16-14-29(15-17-30)20-21-8-3-2-4-9-21)27-19-22-10-7-11-23(18-22)28-25(32)31-12-5-6-13-31/h2-4,7-11,18H,5-6,12-17,19-20H2,1H3,(H,26,27)(H,28,32). The van der Waals surface area contributed by atoms with Gasteiger partial charge >= 0.3 is 6.03 Å². The quantitative estimate of drug-likeness (QED) is 0.560. The molecule has 2 N–H and O–H groups in total. The minimum atomic E-state index is -0.00297. The first-order chi connectivity index (χ1) is 15.7. The van der Waals surface area contributed by atoms with E-state index in [0.29, 0.717) is 6.54 Å². The fourth-order valence-corrected chi connectivity index (χ4v) is 4.35. The van der Waals surface area contributed by atoms with E-state index in [1.807, 2.05) is 30.1 Å². The van der Waals surface area contributed by atoms with Gasteiger partial charge in [-0.1, -0.05) is 42.5 Å². The number of nitrogens with one attached hydrogen (secondary N) is 2. The molecule has 170 valence electrons. The third-order valence-corrected chi connectivity index (χ3v) is 6.15. The van der Waals surface area contributed by atoms with Gasteiger partial charge in [-0.25, -0.2) is 4.79 Å². The summed E-state index contributed by atoms with van der Waals surface area (Å²) in [5, 5.41) is 6.52. The Labute approximate surface area is 191 Å². The Balaban J connectivity index is 1.25. The maximum Gasteiger partial charge on any atom is 0.321 e. The van der Waals surface area contributed by atoms with Crippen LogP contribution in [0.25, 0.3) is 0 Å². The van der Waals surface area contributed by atoms with Gasteiger partial charge < -0.3 is 20.4 Å². The van der Waals surface area contributed by atoms with Crippen LogP contribution in [0.4, 0.5) is 10.5 Å². The summed E-state index contributed by atoms with van der Waals surface area (Å²) in [6.45, 7) is 7.32. The monoisotopic (exact) mass is 434 g/mol. The third-order valence-electron chi connectivity index (χ3n) is 6.15. The van der Waals surface area contributed by atoms with Crippen LogP contribution in [0.5, 0.6) is 0 Å². The second-order valence-corrected chi connectivity index (χ2v) is 8.47. The van der Waals surface area contributed by atoms with Gasteiger partial charge in [0.15, 0.2) is 5.96 Å². The number of rotatable bonds is 5. The van der Waals surface area contributed by atoms with Crippen molar-refractivity contribution in [2.75, 3.05) is 51.6 Å². The number of carbonyl (C=O) groups is 1. The highest BCUT2D eigenvalue weighted by Gasteiger charge is 2.20. The molecular weight excluding hydrogens is 400 g/mol. The summed E-state index contributed by atoms with van der Waals surface area (Å²) in [5.74, 6) is 0.927. The molecule has 4 rings (SSSR count). The van der Waals surface area contributed by atoms with Crippen molar-refractivity contribution in [1.29, 1.82) is 0 Å². The van der Waals surface area contributed by atoms with Crippen molar-refractivity contribution in [1.82, 2.24) is 20.0 Å². The van der Waals surface area contributed by atoms with Crippen molar-refractivity contribution >= 4 is 17.7 Å². The van der Waals surface area contributed by atoms with Crippen LogP contribution in [0.15, 0.2) is 59.6 Å². The SMILES string of the molecule is CN=C(NCc1cccc(NC(=O)N2CCCC2)c1)N1CCN(Cc2ccccc2)CC1. The predicted molar refractivity (Wildman–Crippen MR) is 130 cm³/mol. The van der Waals surface area contributed by atoms with Gasteiger partial charge in [0, 0.05) is 65.1 Å². The summed E-state index contributed by atoms with van der Waals surface area (Å²) in [7, 11) is 1.84. The molecule has 2 amide bonds. The van der Waals surface area contributed by atoms with Crippen LogP contribution >= 0.6 is 0 Å². The molecule has 7 nitrogen and oxygen atoms in total. The lowest BCUT2D eigenvalue weighted by molar-refractivity contribution is 0.172. The summed E-state index contributed by atoms with van der Waals surface area (Å²) in [6.07, 6.45) is 2.19. The van der Waals surface area contributed by atoms with E-state index >= 15 is 0 Å². The van der Waals surface area contributed by atoms with Gasteiger partial charge in [0.05, 0.1) is 0 Å². The van der Waals surface area contributed by atoms with E-state index in [1.165, 1.54) is 5.56 Å². The Hall–Kier alpha value is -3.06. The number of piperazine rings is 1. The summed E-state index contributed by atoms with van der Waals surface area (Å²) in [5.41, 5.74) is 3.32. The maximum absolute atomic E-state index is 12.4. The van der Waals surface area contributed by atoms with Crippen molar-refractivity contribution in [3.05, 3.63) is 65.7 Å². The molecule has 0 aromatic heterocycles. The normalized spacial score (nSPS) is 17.5. The van der Waals surface area contributed by atoms with Crippen LogP contribution in [0.1, 0.15) is 24.0 Å². The zero-order valence-corrected chi connectivity index (χ0v) is 19.0. The van der Waals surface area contributed by atoms with E-state index in [1.54, 1.807) is 0 Å². The molecule has 2 heterocycles. The number of likely N-dealkylation sites (tertiary alicyclic amines) is 1. The molecule has 0 unspecified atom stereocenters. The number of nitrogens with zero attached hydrogens (tertiary/aromatic N) is 4. The van der Waals surface area contributed by atoms with Gasteiger partial charge in [0.1, 0.15) is 0 Å². The van der Waals surface area contributed by atoms with Gasteiger partial charge in [-0.3, -0.25) is 9.89 Å². The molecule has 0 spiro atoms. The number of amides is 2. The van der Waals surface area contributed by atoms with E-state index in [-0.39, 0.29) is 6.03 Å². The van der Waals surface area contributed by atoms with Gasteiger partial charge in [0.25, 0.3) is 0 Å². The van der Waals surface area contributed by atoms with Crippen molar-refractivity contribution in [3.63, 3.8) is 0 Å². The second kappa shape index (κ2) is 11.0. The fourth-order valence-electron chi connectivity index (χ4n) is 4.35. The number of urea groups is 1. The Bertz CT molecular complexity index is 902. The lowest BCUT2D eigenvalue weighted by Gasteiger charge is -2.36. The molecule has 7 heteroatoms. The number of aliphatic imine (C=N–C) groups is 1. The molecule has 2 aliphatic heterocycles. The molecule has 2 fully saturated rings. The summed E-state index contributed by atoms with van der Waals surface area (Å²) in [4.78, 5) is 23.5. The molecular formula is C25H34N6O. The van der Waals surface area contributed by atoms with Gasteiger partial charge in [-0.15, -0.1) is 0 Å². The van der Waals surface area contributed by atoms with Crippen molar-refractivity contribution in [2.45, 2.75) is 25.9 Å². The number of hydrogen-bond acceptors (Lipinski definition) is 3. The van der Waals surface area contributed by atoms with E-state index in [4.69, 9.17) is 0 Å². The molecule has 0 aliphatic carbocycles. The summed E-state index contributed by atoms with van der Waals surface area (Å²) in [6, 6.07) is 18.7. The van der Waals surface area contributed by atoms with E-state index in [0.717, 1.165) is 75.9 Å².